The van der Waals surface area contributed by atoms with Crippen molar-refractivity contribution in [3.8, 4) is 5.75 Å². The van der Waals surface area contributed by atoms with Gasteiger partial charge in [0.05, 0.1) is 7.11 Å². The third kappa shape index (κ3) is 3.75. The molecular formula is C22H18Br2N2O. The summed E-state index contributed by atoms with van der Waals surface area (Å²) in [6, 6.07) is 20.8. The Bertz CT molecular complexity index is 1090. The van der Waals surface area contributed by atoms with E-state index in [0.29, 0.717) is 0 Å². The zero-order valence-corrected chi connectivity index (χ0v) is 17.9. The molecule has 0 spiro atoms. The van der Waals surface area contributed by atoms with E-state index in [-0.39, 0.29) is 0 Å². The van der Waals surface area contributed by atoms with E-state index in [9.17, 15) is 0 Å². The van der Waals surface area contributed by atoms with Gasteiger partial charge in [0.1, 0.15) is 5.75 Å². The van der Waals surface area contributed by atoms with Crippen molar-refractivity contribution in [2.75, 3.05) is 12.4 Å². The average Bonchev–Trinajstić information content (AvgIpc) is 2.97. The van der Waals surface area contributed by atoms with Crippen LogP contribution in [0.1, 0.15) is 0 Å². The van der Waals surface area contributed by atoms with Gasteiger partial charge in [-0.1, -0.05) is 37.9 Å². The molecule has 0 fully saturated rings. The standard InChI is InChI=1S/C22H18Br2N2O/c1-27-18-5-2-4-17(14-18)25-10-3-11-26-21-8-6-15(23)12-19(21)20-13-16(24)7-9-22(20)26/h2-10,12-14,25H,11H2,1H3/b10-3+. The number of rotatable bonds is 5. The molecule has 1 N–H and O–H groups in total. The summed E-state index contributed by atoms with van der Waals surface area (Å²) in [6.45, 7) is 0.778. The van der Waals surface area contributed by atoms with Gasteiger partial charge in [0.2, 0.25) is 0 Å². The molecule has 1 aromatic heterocycles. The normalized spacial score (nSPS) is 11.5. The summed E-state index contributed by atoms with van der Waals surface area (Å²) in [7, 11) is 1.67. The smallest absolute Gasteiger partial charge is 0.120 e. The second-order valence-electron chi connectivity index (χ2n) is 6.21. The van der Waals surface area contributed by atoms with Crippen LogP contribution in [0.3, 0.4) is 0 Å². The van der Waals surface area contributed by atoms with Crippen LogP contribution in [-0.4, -0.2) is 11.7 Å². The van der Waals surface area contributed by atoms with Gasteiger partial charge in [0, 0.05) is 49.0 Å². The maximum atomic E-state index is 5.26. The number of hydrogen-bond acceptors (Lipinski definition) is 2. The minimum Gasteiger partial charge on any atom is -0.497 e. The Morgan fingerprint density at radius 2 is 1.59 bits per heavy atom. The maximum Gasteiger partial charge on any atom is 0.120 e. The van der Waals surface area contributed by atoms with Crippen LogP contribution in [0.25, 0.3) is 21.8 Å². The van der Waals surface area contributed by atoms with Crippen molar-refractivity contribution in [1.82, 2.24) is 4.57 Å². The minimum absolute atomic E-state index is 0.778. The Kier molecular flexibility index (Phi) is 5.23. The zero-order chi connectivity index (χ0) is 18.8. The third-order valence-electron chi connectivity index (χ3n) is 4.51. The maximum absolute atomic E-state index is 5.26. The van der Waals surface area contributed by atoms with Crippen molar-refractivity contribution in [2.45, 2.75) is 6.54 Å². The van der Waals surface area contributed by atoms with Gasteiger partial charge in [-0.15, -0.1) is 0 Å². The van der Waals surface area contributed by atoms with Crippen molar-refractivity contribution in [3.63, 3.8) is 0 Å². The predicted octanol–water partition coefficient (Wildman–Crippen LogP) is 6.95. The number of hydrogen-bond donors (Lipinski definition) is 1. The molecule has 3 aromatic carbocycles. The van der Waals surface area contributed by atoms with Crippen molar-refractivity contribution in [2.24, 2.45) is 0 Å². The third-order valence-corrected chi connectivity index (χ3v) is 5.50. The number of nitrogens with zero attached hydrogens (tertiary/aromatic N) is 1. The number of ether oxygens (including phenoxy) is 1. The van der Waals surface area contributed by atoms with Gasteiger partial charge in [-0.05, 0) is 60.8 Å². The number of anilines is 1. The fraction of sp³-hybridized carbons (Fsp3) is 0.0909. The second-order valence-corrected chi connectivity index (χ2v) is 8.04. The Balaban J connectivity index is 1.64. The number of nitrogens with one attached hydrogen (secondary N) is 1. The molecule has 0 aliphatic heterocycles. The Morgan fingerprint density at radius 3 is 2.22 bits per heavy atom. The van der Waals surface area contributed by atoms with Crippen LogP contribution in [0.4, 0.5) is 5.69 Å². The number of allylic oxidation sites excluding steroid dienone is 1. The van der Waals surface area contributed by atoms with Crippen LogP contribution in [-0.2, 0) is 6.54 Å². The van der Waals surface area contributed by atoms with Crippen molar-refractivity contribution < 1.29 is 4.74 Å². The van der Waals surface area contributed by atoms with Gasteiger partial charge in [-0.3, -0.25) is 0 Å². The molecule has 0 atom stereocenters. The van der Waals surface area contributed by atoms with E-state index in [0.717, 1.165) is 26.9 Å². The van der Waals surface area contributed by atoms with E-state index < -0.39 is 0 Å². The van der Waals surface area contributed by atoms with E-state index in [2.05, 4.69) is 84.2 Å². The van der Waals surface area contributed by atoms with Gasteiger partial charge < -0.3 is 14.6 Å². The molecule has 4 rings (SSSR count). The van der Waals surface area contributed by atoms with Crippen LogP contribution >= 0.6 is 31.9 Å². The lowest BCUT2D eigenvalue weighted by Crippen LogP contribution is -1.96. The molecule has 0 aliphatic carbocycles. The van der Waals surface area contributed by atoms with E-state index in [1.165, 1.54) is 21.8 Å². The SMILES string of the molecule is COc1cccc(N/C=C/Cn2c3ccc(Br)cc3c3cc(Br)ccc32)c1. The molecule has 3 nitrogen and oxygen atoms in total. The fourth-order valence-corrected chi connectivity index (χ4v) is 3.99. The summed E-state index contributed by atoms with van der Waals surface area (Å²) in [6.07, 6.45) is 4.10. The average molecular weight is 486 g/mol. The molecule has 0 saturated heterocycles. The number of fused-ring (bicyclic) bond motifs is 3. The highest BCUT2D eigenvalue weighted by Crippen LogP contribution is 2.33. The monoisotopic (exact) mass is 484 g/mol. The molecule has 0 saturated carbocycles. The van der Waals surface area contributed by atoms with Crippen LogP contribution in [0.15, 0.2) is 81.9 Å². The van der Waals surface area contributed by atoms with Gasteiger partial charge in [0.15, 0.2) is 0 Å². The Hall–Kier alpha value is -2.24. The lowest BCUT2D eigenvalue weighted by atomic mass is 10.2. The van der Waals surface area contributed by atoms with Crippen LogP contribution in [0.5, 0.6) is 5.75 Å². The summed E-state index contributed by atoms with van der Waals surface area (Å²) in [5, 5.41) is 5.80. The quantitative estimate of drug-likeness (QED) is 0.331. The minimum atomic E-state index is 0.778. The number of methoxy groups -OCH3 is 1. The van der Waals surface area contributed by atoms with Gasteiger partial charge >= 0.3 is 0 Å². The van der Waals surface area contributed by atoms with Crippen LogP contribution in [0.2, 0.25) is 0 Å². The summed E-state index contributed by atoms with van der Waals surface area (Å²) >= 11 is 7.18. The molecular weight excluding hydrogens is 468 g/mol. The molecule has 0 aliphatic rings. The molecule has 4 aromatic rings. The first-order valence-electron chi connectivity index (χ1n) is 8.58. The second kappa shape index (κ2) is 7.79. The molecule has 5 heteroatoms. The molecule has 0 amide bonds. The zero-order valence-electron chi connectivity index (χ0n) is 14.7. The highest BCUT2D eigenvalue weighted by atomic mass is 79.9. The van der Waals surface area contributed by atoms with Gasteiger partial charge in [-0.2, -0.15) is 0 Å². The summed E-state index contributed by atoms with van der Waals surface area (Å²) < 4.78 is 9.76. The molecule has 27 heavy (non-hydrogen) atoms. The summed E-state index contributed by atoms with van der Waals surface area (Å²) in [5.41, 5.74) is 3.44. The first-order valence-corrected chi connectivity index (χ1v) is 10.2. The predicted molar refractivity (Wildman–Crippen MR) is 121 cm³/mol. The van der Waals surface area contributed by atoms with Gasteiger partial charge in [-0.25, -0.2) is 0 Å². The van der Waals surface area contributed by atoms with Crippen molar-refractivity contribution in [1.29, 1.82) is 0 Å². The Labute approximate surface area is 174 Å². The highest BCUT2D eigenvalue weighted by molar-refractivity contribution is 9.10. The first-order chi connectivity index (χ1) is 13.2. The topological polar surface area (TPSA) is 26.2 Å². The molecule has 0 radical (unpaired) electrons. The number of aromatic nitrogens is 1. The van der Waals surface area contributed by atoms with E-state index in [1.807, 2.05) is 30.5 Å². The highest BCUT2D eigenvalue weighted by Gasteiger charge is 2.10. The molecule has 0 bridgehead atoms. The molecule has 1 heterocycles. The summed E-state index contributed by atoms with van der Waals surface area (Å²) in [4.78, 5) is 0. The fourth-order valence-electron chi connectivity index (χ4n) is 3.27. The van der Waals surface area contributed by atoms with Crippen LogP contribution in [0, 0.1) is 0 Å². The van der Waals surface area contributed by atoms with Crippen molar-refractivity contribution in [3.05, 3.63) is 81.9 Å². The van der Waals surface area contributed by atoms with Gasteiger partial charge in [0.25, 0.3) is 0 Å². The number of halogens is 2. The van der Waals surface area contributed by atoms with E-state index >= 15 is 0 Å². The van der Waals surface area contributed by atoms with Crippen LogP contribution < -0.4 is 10.1 Å². The summed E-state index contributed by atoms with van der Waals surface area (Å²) in [5.74, 6) is 0.840. The van der Waals surface area contributed by atoms with Crippen molar-refractivity contribution >= 4 is 59.4 Å². The van der Waals surface area contributed by atoms with E-state index in [1.54, 1.807) is 7.11 Å². The molecule has 0 unspecified atom stereocenters. The first kappa shape index (κ1) is 18.1. The van der Waals surface area contributed by atoms with E-state index in [4.69, 9.17) is 4.74 Å². The number of benzene rings is 3. The lowest BCUT2D eigenvalue weighted by molar-refractivity contribution is 0.415. The molecule has 136 valence electrons. The lowest BCUT2D eigenvalue weighted by Gasteiger charge is -2.06. The largest absolute Gasteiger partial charge is 0.497 e. The Morgan fingerprint density at radius 1 is 0.926 bits per heavy atom.